The molecule has 2 saturated heterocycles. The van der Waals surface area contributed by atoms with Crippen molar-refractivity contribution in [2.24, 2.45) is 11.8 Å². The smallest absolute Gasteiger partial charge is 0.315 e. The molecule has 9 heteroatoms. The van der Waals surface area contributed by atoms with Gasteiger partial charge in [-0.1, -0.05) is 24.3 Å². The summed E-state index contributed by atoms with van der Waals surface area (Å²) < 4.78 is 5.64. The molecule has 4 unspecified atom stereocenters. The maximum atomic E-state index is 12.7. The Balaban J connectivity index is 1.26. The largest absolute Gasteiger partial charge is 0.508 e. The summed E-state index contributed by atoms with van der Waals surface area (Å²) in [6.07, 6.45) is 3.80. The summed E-state index contributed by atoms with van der Waals surface area (Å²) >= 11 is 0. The lowest BCUT2D eigenvalue weighted by Crippen LogP contribution is -2.50. The number of phenolic OH excluding ortho intramolecular Hbond substituents is 1. The summed E-state index contributed by atoms with van der Waals surface area (Å²) in [4.78, 5) is 41.2. The summed E-state index contributed by atoms with van der Waals surface area (Å²) in [6, 6.07) is 6.34. The van der Waals surface area contributed by atoms with E-state index in [0.717, 1.165) is 5.56 Å². The minimum Gasteiger partial charge on any atom is -0.508 e. The van der Waals surface area contributed by atoms with Crippen LogP contribution in [-0.4, -0.2) is 84.2 Å². The molecule has 0 spiro atoms. The van der Waals surface area contributed by atoms with Crippen LogP contribution in [0.1, 0.15) is 12.5 Å². The van der Waals surface area contributed by atoms with Gasteiger partial charge in [-0.25, -0.2) is 4.79 Å². The maximum Gasteiger partial charge on any atom is 0.315 e. The number of likely N-dealkylation sites (tertiary alicyclic amines) is 1. The third-order valence-corrected chi connectivity index (χ3v) is 6.47. The van der Waals surface area contributed by atoms with Crippen LogP contribution in [-0.2, 0) is 20.7 Å². The second-order valence-corrected chi connectivity index (χ2v) is 9.03. The zero-order valence-corrected chi connectivity index (χ0v) is 18.5. The highest BCUT2D eigenvalue weighted by Gasteiger charge is 2.60. The average Bonchev–Trinajstić information content (AvgIpc) is 3.42. The third-order valence-electron chi connectivity index (χ3n) is 6.47. The van der Waals surface area contributed by atoms with Crippen molar-refractivity contribution in [3.63, 3.8) is 0 Å². The Hall–Kier alpha value is -2.91. The fraction of sp³-hybridized carbons (Fsp3) is 0.522. The van der Waals surface area contributed by atoms with E-state index in [-0.39, 0.29) is 54.4 Å². The number of likely N-dealkylation sites (N-methyl/N-ethyl adjacent to an activating group) is 1. The molecule has 9 nitrogen and oxygen atoms in total. The molecular formula is C23H30N4O5. The molecule has 2 fully saturated rings. The first-order chi connectivity index (χ1) is 15.2. The second kappa shape index (κ2) is 8.91. The lowest BCUT2D eigenvalue weighted by atomic mass is 9.85. The van der Waals surface area contributed by atoms with Gasteiger partial charge in [0, 0.05) is 25.2 Å². The minimum absolute atomic E-state index is 0.0599. The number of nitrogens with zero attached hydrogens (tertiary/aromatic N) is 2. The van der Waals surface area contributed by atoms with E-state index >= 15 is 0 Å². The Morgan fingerprint density at radius 1 is 1.12 bits per heavy atom. The second-order valence-electron chi connectivity index (χ2n) is 9.03. The monoisotopic (exact) mass is 442 g/mol. The van der Waals surface area contributed by atoms with Gasteiger partial charge in [-0.15, -0.1) is 0 Å². The van der Waals surface area contributed by atoms with E-state index in [1.54, 1.807) is 19.1 Å². The predicted molar refractivity (Wildman–Crippen MR) is 117 cm³/mol. The molecule has 6 atom stereocenters. The van der Waals surface area contributed by atoms with E-state index < -0.39 is 11.8 Å². The first-order valence-corrected chi connectivity index (χ1v) is 10.9. The number of carbonyl (C=O) groups is 3. The Morgan fingerprint density at radius 2 is 1.72 bits per heavy atom. The number of amides is 4. The standard InChI is InChI=1S/C23H30N4O5/c1-13(12-27-21(29)19-17-8-9-18(32-17)20(19)22(27)30)25-23(31)24-11-15(26(2)3)10-14-4-6-16(28)7-5-14/h4-9,13,15,17-20,28H,10-12H2,1-3H3,(H2,24,25,31)/t13-,15+,17?,18?,19?,20?/m1/s1. The first-order valence-electron chi connectivity index (χ1n) is 10.9. The fourth-order valence-electron chi connectivity index (χ4n) is 4.69. The first kappa shape index (κ1) is 22.3. The number of rotatable bonds is 8. The van der Waals surface area contributed by atoms with Gasteiger partial charge in [0.05, 0.1) is 24.0 Å². The number of imide groups is 1. The molecule has 1 aromatic rings. The van der Waals surface area contributed by atoms with Crippen molar-refractivity contribution < 1.29 is 24.2 Å². The zero-order chi connectivity index (χ0) is 23.0. The molecule has 0 aliphatic carbocycles. The predicted octanol–water partition coefficient (Wildman–Crippen LogP) is 0.491. The van der Waals surface area contributed by atoms with Crippen molar-refractivity contribution in [1.29, 1.82) is 0 Å². The van der Waals surface area contributed by atoms with E-state index in [1.165, 1.54) is 4.90 Å². The van der Waals surface area contributed by atoms with E-state index in [2.05, 4.69) is 10.6 Å². The van der Waals surface area contributed by atoms with Crippen molar-refractivity contribution in [2.45, 2.75) is 37.6 Å². The molecule has 3 aliphatic rings. The van der Waals surface area contributed by atoms with Gasteiger partial charge in [0.25, 0.3) is 0 Å². The topological polar surface area (TPSA) is 111 Å². The number of fused-ring (bicyclic) bond motifs is 5. The molecule has 4 rings (SSSR count). The molecule has 0 radical (unpaired) electrons. The summed E-state index contributed by atoms with van der Waals surface area (Å²) in [7, 11) is 3.89. The number of nitrogens with one attached hydrogen (secondary N) is 2. The highest BCUT2D eigenvalue weighted by Crippen LogP contribution is 2.44. The van der Waals surface area contributed by atoms with Crippen LogP contribution in [0.15, 0.2) is 36.4 Å². The molecule has 0 saturated carbocycles. The Labute approximate surface area is 187 Å². The summed E-state index contributed by atoms with van der Waals surface area (Å²) in [5.74, 6) is -1.07. The quantitative estimate of drug-likeness (QED) is 0.399. The van der Waals surface area contributed by atoms with Crippen LogP contribution in [0, 0.1) is 11.8 Å². The number of urea groups is 1. The molecule has 0 aromatic heterocycles. The molecule has 2 bridgehead atoms. The number of hydrogen-bond donors (Lipinski definition) is 3. The molecule has 4 amide bonds. The number of phenols is 1. The van der Waals surface area contributed by atoms with Gasteiger partial charge in [0.1, 0.15) is 5.75 Å². The van der Waals surface area contributed by atoms with Crippen molar-refractivity contribution in [1.82, 2.24) is 20.4 Å². The van der Waals surface area contributed by atoms with Gasteiger partial charge in [0.2, 0.25) is 11.8 Å². The molecule has 32 heavy (non-hydrogen) atoms. The Bertz CT molecular complexity index is 885. The Morgan fingerprint density at radius 3 is 2.28 bits per heavy atom. The highest BCUT2D eigenvalue weighted by atomic mass is 16.5. The maximum absolute atomic E-state index is 12.7. The van der Waals surface area contributed by atoms with Crippen LogP contribution in [0.3, 0.4) is 0 Å². The summed E-state index contributed by atoms with van der Waals surface area (Å²) in [6.45, 7) is 2.34. The fourth-order valence-corrected chi connectivity index (χ4v) is 4.69. The van der Waals surface area contributed by atoms with Crippen LogP contribution >= 0.6 is 0 Å². The van der Waals surface area contributed by atoms with Crippen LogP contribution in [0.25, 0.3) is 0 Å². The molecule has 3 heterocycles. The number of benzene rings is 1. The summed E-state index contributed by atoms with van der Waals surface area (Å²) in [5.41, 5.74) is 1.06. The molecule has 1 aromatic carbocycles. The van der Waals surface area contributed by atoms with Gasteiger partial charge < -0.3 is 25.4 Å². The van der Waals surface area contributed by atoms with Gasteiger partial charge in [-0.3, -0.25) is 14.5 Å². The van der Waals surface area contributed by atoms with Gasteiger partial charge in [-0.2, -0.15) is 0 Å². The number of ether oxygens (including phenoxy) is 1. The van der Waals surface area contributed by atoms with Crippen LogP contribution in [0.2, 0.25) is 0 Å². The number of carbonyl (C=O) groups excluding carboxylic acids is 3. The van der Waals surface area contributed by atoms with Gasteiger partial charge >= 0.3 is 6.03 Å². The SMILES string of the molecule is C[C@H](CN1C(=O)C2C3C=CC(O3)C2C1=O)NC(=O)NC[C@H](Cc1ccc(O)cc1)N(C)C. The third kappa shape index (κ3) is 4.35. The normalized spacial score (nSPS) is 27.7. The molecule has 172 valence electrons. The lowest BCUT2D eigenvalue weighted by Gasteiger charge is -2.26. The van der Waals surface area contributed by atoms with E-state index in [4.69, 9.17) is 4.74 Å². The van der Waals surface area contributed by atoms with E-state index in [9.17, 15) is 19.5 Å². The van der Waals surface area contributed by atoms with Crippen molar-refractivity contribution >= 4 is 17.8 Å². The minimum atomic E-state index is -0.431. The Kier molecular flexibility index (Phi) is 6.21. The molecule has 3 N–H and O–H groups in total. The zero-order valence-electron chi connectivity index (χ0n) is 18.5. The molecule has 3 aliphatic heterocycles. The van der Waals surface area contributed by atoms with E-state index in [1.807, 2.05) is 43.3 Å². The van der Waals surface area contributed by atoms with Gasteiger partial charge in [-0.05, 0) is 45.1 Å². The van der Waals surface area contributed by atoms with Crippen molar-refractivity contribution in [3.05, 3.63) is 42.0 Å². The number of hydrogen-bond acceptors (Lipinski definition) is 6. The van der Waals surface area contributed by atoms with Crippen LogP contribution in [0.5, 0.6) is 5.75 Å². The van der Waals surface area contributed by atoms with Crippen LogP contribution in [0.4, 0.5) is 4.79 Å². The number of aromatic hydroxyl groups is 1. The average molecular weight is 443 g/mol. The van der Waals surface area contributed by atoms with E-state index in [0.29, 0.717) is 13.0 Å². The van der Waals surface area contributed by atoms with Crippen molar-refractivity contribution in [2.75, 3.05) is 27.2 Å². The van der Waals surface area contributed by atoms with Gasteiger partial charge in [0.15, 0.2) is 0 Å². The highest BCUT2D eigenvalue weighted by molar-refractivity contribution is 6.06. The molecular weight excluding hydrogens is 412 g/mol. The van der Waals surface area contributed by atoms with Crippen LogP contribution < -0.4 is 10.6 Å². The summed E-state index contributed by atoms with van der Waals surface area (Å²) in [5, 5.41) is 15.1. The van der Waals surface area contributed by atoms with Crippen molar-refractivity contribution in [3.8, 4) is 5.75 Å². The lowest BCUT2D eigenvalue weighted by molar-refractivity contribution is -0.142.